The van der Waals surface area contributed by atoms with E-state index < -0.39 is 0 Å². The molecule has 3 rings (SSSR count). The molecule has 2 aliphatic rings. The third kappa shape index (κ3) is 5.67. The number of rotatable bonds is 4. The van der Waals surface area contributed by atoms with Crippen molar-refractivity contribution in [2.24, 2.45) is 5.92 Å². The molecule has 150 valence electrons. The first-order valence-corrected chi connectivity index (χ1v) is 9.62. The van der Waals surface area contributed by atoms with Gasteiger partial charge in [0.15, 0.2) is 0 Å². The Balaban J connectivity index is 0.00000261. The largest absolute Gasteiger partial charge is 0.337 e. The Labute approximate surface area is 168 Å². The zero-order chi connectivity index (χ0) is 18.5. The van der Waals surface area contributed by atoms with E-state index in [-0.39, 0.29) is 36.2 Å². The number of nitrogens with zero attached hydrogens (tertiary/aromatic N) is 2. The van der Waals surface area contributed by atoms with Gasteiger partial charge in [0.2, 0.25) is 5.91 Å². The molecule has 27 heavy (non-hydrogen) atoms. The average molecular weight is 395 g/mol. The van der Waals surface area contributed by atoms with Gasteiger partial charge in [0.1, 0.15) is 0 Å². The number of carbonyl (C=O) groups excluding carboxylic acids is 2. The molecule has 0 saturated carbocycles. The number of likely N-dealkylation sites (tertiary alicyclic amines) is 1. The standard InChI is InChI=1S/C20H30N4O2.ClH/c1-23-13-3-4-18(14-23)24(2)20(26)16-5-7-17(8-6-16)22-19(25)15-9-11-21-12-10-15;/h5-8,15,18,21H,3-4,9-14H2,1-2H3,(H,22,25);1H. The Bertz CT molecular complexity index is 631. The van der Waals surface area contributed by atoms with Crippen LogP contribution in [0.15, 0.2) is 24.3 Å². The van der Waals surface area contributed by atoms with Crippen molar-refractivity contribution in [3.8, 4) is 0 Å². The fraction of sp³-hybridized carbons (Fsp3) is 0.600. The van der Waals surface area contributed by atoms with Gasteiger partial charge in [0, 0.05) is 36.8 Å². The SMILES string of the molecule is CN1CCCC(N(C)C(=O)c2ccc(NC(=O)C3CCNCC3)cc2)C1.Cl. The number of benzene rings is 1. The minimum absolute atomic E-state index is 0. The average Bonchev–Trinajstić information content (AvgIpc) is 2.68. The van der Waals surface area contributed by atoms with Crippen LogP contribution in [0.4, 0.5) is 5.69 Å². The van der Waals surface area contributed by atoms with Crippen molar-refractivity contribution in [3.63, 3.8) is 0 Å². The molecular weight excluding hydrogens is 364 g/mol. The monoisotopic (exact) mass is 394 g/mol. The highest BCUT2D eigenvalue weighted by Gasteiger charge is 2.25. The van der Waals surface area contributed by atoms with Crippen molar-refractivity contribution in [1.29, 1.82) is 0 Å². The van der Waals surface area contributed by atoms with Gasteiger partial charge < -0.3 is 20.4 Å². The van der Waals surface area contributed by atoms with Crippen LogP contribution < -0.4 is 10.6 Å². The molecule has 1 aromatic rings. The lowest BCUT2D eigenvalue weighted by Crippen LogP contribution is -2.47. The van der Waals surface area contributed by atoms with Crippen LogP contribution in [-0.4, -0.2) is 67.9 Å². The highest BCUT2D eigenvalue weighted by molar-refractivity contribution is 5.96. The van der Waals surface area contributed by atoms with Crippen LogP contribution in [0.3, 0.4) is 0 Å². The second kappa shape index (κ2) is 10.1. The van der Waals surface area contributed by atoms with Gasteiger partial charge in [-0.1, -0.05) is 0 Å². The number of halogens is 1. The minimum atomic E-state index is 0. The van der Waals surface area contributed by atoms with Crippen molar-refractivity contribution < 1.29 is 9.59 Å². The van der Waals surface area contributed by atoms with Gasteiger partial charge in [0.05, 0.1) is 0 Å². The lowest BCUT2D eigenvalue weighted by molar-refractivity contribution is -0.120. The van der Waals surface area contributed by atoms with E-state index in [0.29, 0.717) is 5.56 Å². The van der Waals surface area contributed by atoms with Crippen molar-refractivity contribution in [1.82, 2.24) is 15.1 Å². The number of anilines is 1. The molecule has 2 amide bonds. The highest BCUT2D eigenvalue weighted by atomic mass is 35.5. The third-order valence-electron chi connectivity index (χ3n) is 5.58. The summed E-state index contributed by atoms with van der Waals surface area (Å²) in [6.45, 7) is 3.82. The van der Waals surface area contributed by atoms with Crippen LogP contribution in [0.1, 0.15) is 36.0 Å². The highest BCUT2D eigenvalue weighted by Crippen LogP contribution is 2.19. The predicted molar refractivity (Wildman–Crippen MR) is 111 cm³/mol. The summed E-state index contributed by atoms with van der Waals surface area (Å²) in [5, 5.41) is 6.25. The van der Waals surface area contributed by atoms with E-state index in [0.717, 1.165) is 57.5 Å². The van der Waals surface area contributed by atoms with Crippen LogP contribution in [0.2, 0.25) is 0 Å². The molecule has 0 aromatic heterocycles. The summed E-state index contributed by atoms with van der Waals surface area (Å²) in [4.78, 5) is 29.2. The first-order valence-electron chi connectivity index (χ1n) is 9.62. The molecule has 6 nitrogen and oxygen atoms in total. The van der Waals surface area contributed by atoms with Crippen LogP contribution in [0.5, 0.6) is 0 Å². The molecule has 0 aliphatic carbocycles. The normalized spacial score (nSPS) is 21.2. The summed E-state index contributed by atoms with van der Waals surface area (Å²) in [6, 6.07) is 7.54. The number of carbonyl (C=O) groups is 2. The van der Waals surface area contributed by atoms with E-state index >= 15 is 0 Å². The van der Waals surface area contributed by atoms with E-state index in [9.17, 15) is 9.59 Å². The molecule has 0 radical (unpaired) electrons. The maximum absolute atomic E-state index is 12.7. The quantitative estimate of drug-likeness (QED) is 0.821. The smallest absolute Gasteiger partial charge is 0.253 e. The number of likely N-dealkylation sites (N-methyl/N-ethyl adjacent to an activating group) is 2. The molecular formula is C20H31ClN4O2. The fourth-order valence-corrected chi connectivity index (χ4v) is 3.85. The lowest BCUT2D eigenvalue weighted by atomic mass is 9.97. The third-order valence-corrected chi connectivity index (χ3v) is 5.58. The van der Waals surface area contributed by atoms with Gasteiger partial charge in [-0.05, 0) is 76.6 Å². The zero-order valence-corrected chi connectivity index (χ0v) is 17.1. The summed E-state index contributed by atoms with van der Waals surface area (Å²) in [5.41, 5.74) is 1.42. The molecule has 2 heterocycles. The number of amides is 2. The fourth-order valence-electron chi connectivity index (χ4n) is 3.85. The molecule has 0 bridgehead atoms. The van der Waals surface area contributed by atoms with Gasteiger partial charge in [-0.2, -0.15) is 0 Å². The Morgan fingerprint density at radius 2 is 1.81 bits per heavy atom. The molecule has 0 spiro atoms. The second-order valence-corrected chi connectivity index (χ2v) is 7.57. The van der Waals surface area contributed by atoms with Crippen LogP contribution in [0, 0.1) is 5.92 Å². The Kier molecular flexibility index (Phi) is 8.07. The van der Waals surface area contributed by atoms with Crippen molar-refractivity contribution >= 4 is 29.9 Å². The lowest BCUT2D eigenvalue weighted by Gasteiger charge is -2.35. The summed E-state index contributed by atoms with van der Waals surface area (Å²) in [5.74, 6) is 0.196. The first kappa shape index (κ1) is 21.7. The summed E-state index contributed by atoms with van der Waals surface area (Å²) < 4.78 is 0. The van der Waals surface area contributed by atoms with Crippen LogP contribution in [0.25, 0.3) is 0 Å². The number of hydrogen-bond acceptors (Lipinski definition) is 4. The molecule has 2 fully saturated rings. The van der Waals surface area contributed by atoms with E-state index in [1.807, 2.05) is 36.2 Å². The van der Waals surface area contributed by atoms with Crippen molar-refractivity contribution in [2.75, 3.05) is 45.6 Å². The van der Waals surface area contributed by atoms with Gasteiger partial charge in [-0.25, -0.2) is 0 Å². The molecule has 2 saturated heterocycles. The van der Waals surface area contributed by atoms with Crippen LogP contribution in [-0.2, 0) is 4.79 Å². The van der Waals surface area contributed by atoms with Gasteiger partial charge >= 0.3 is 0 Å². The van der Waals surface area contributed by atoms with Gasteiger partial charge in [0.25, 0.3) is 5.91 Å². The molecule has 1 aromatic carbocycles. The Hall–Kier alpha value is -1.63. The summed E-state index contributed by atoms with van der Waals surface area (Å²) in [6.07, 6.45) is 3.93. The molecule has 7 heteroatoms. The minimum Gasteiger partial charge on any atom is -0.337 e. The van der Waals surface area contributed by atoms with Gasteiger partial charge in [-0.3, -0.25) is 9.59 Å². The van der Waals surface area contributed by atoms with Crippen molar-refractivity contribution in [2.45, 2.75) is 31.7 Å². The summed E-state index contributed by atoms with van der Waals surface area (Å²) in [7, 11) is 3.99. The Morgan fingerprint density at radius 1 is 1.15 bits per heavy atom. The van der Waals surface area contributed by atoms with Crippen LogP contribution >= 0.6 is 12.4 Å². The molecule has 1 atom stereocenters. The van der Waals surface area contributed by atoms with Gasteiger partial charge in [-0.15, -0.1) is 12.4 Å². The van der Waals surface area contributed by atoms with E-state index in [4.69, 9.17) is 0 Å². The number of hydrogen-bond donors (Lipinski definition) is 2. The topological polar surface area (TPSA) is 64.7 Å². The molecule has 2 N–H and O–H groups in total. The van der Waals surface area contributed by atoms with E-state index in [1.165, 1.54) is 0 Å². The second-order valence-electron chi connectivity index (χ2n) is 7.57. The molecule has 1 unspecified atom stereocenters. The predicted octanol–water partition coefficient (Wildman–Crippen LogP) is 2.21. The van der Waals surface area contributed by atoms with E-state index in [2.05, 4.69) is 22.6 Å². The maximum atomic E-state index is 12.7. The summed E-state index contributed by atoms with van der Waals surface area (Å²) >= 11 is 0. The maximum Gasteiger partial charge on any atom is 0.253 e. The molecule has 2 aliphatic heterocycles. The van der Waals surface area contributed by atoms with E-state index in [1.54, 1.807) is 0 Å². The number of nitrogens with one attached hydrogen (secondary N) is 2. The zero-order valence-electron chi connectivity index (χ0n) is 16.2. The Morgan fingerprint density at radius 3 is 2.44 bits per heavy atom. The first-order chi connectivity index (χ1) is 12.5. The van der Waals surface area contributed by atoms with Crippen molar-refractivity contribution in [3.05, 3.63) is 29.8 Å². The number of piperidine rings is 2.